The third kappa shape index (κ3) is 2.68. The van der Waals surface area contributed by atoms with E-state index in [-0.39, 0.29) is 0 Å². The molecule has 16 heavy (non-hydrogen) atoms. The molecule has 0 radical (unpaired) electrons. The van der Waals surface area contributed by atoms with E-state index in [1.165, 1.54) is 11.3 Å². The van der Waals surface area contributed by atoms with Crippen LogP contribution < -0.4 is 0 Å². The third-order valence-corrected chi connectivity index (χ3v) is 3.45. The van der Waals surface area contributed by atoms with Crippen molar-refractivity contribution in [2.45, 2.75) is 25.9 Å². The lowest BCUT2D eigenvalue weighted by Crippen LogP contribution is -1.98. The summed E-state index contributed by atoms with van der Waals surface area (Å²) < 4.78 is 1.77. The standard InChI is InChI=1S/C11H15N3OS/c1-8-7-16-11(13-8)10(15)4-3-9-5-12-14(2)6-9/h5-7,10,15H,3-4H2,1-2H3. The minimum atomic E-state index is -0.459. The highest BCUT2D eigenvalue weighted by molar-refractivity contribution is 7.09. The van der Waals surface area contributed by atoms with Crippen molar-refractivity contribution in [2.75, 3.05) is 0 Å². The van der Waals surface area contributed by atoms with Crippen molar-refractivity contribution in [1.82, 2.24) is 14.8 Å². The summed E-state index contributed by atoms with van der Waals surface area (Å²) in [5.41, 5.74) is 2.12. The van der Waals surface area contributed by atoms with Crippen LogP contribution in [0, 0.1) is 6.92 Å². The molecule has 1 atom stereocenters. The molecule has 86 valence electrons. The smallest absolute Gasteiger partial charge is 0.121 e. The Labute approximate surface area is 98.6 Å². The fourth-order valence-corrected chi connectivity index (χ4v) is 2.37. The van der Waals surface area contributed by atoms with Gasteiger partial charge in [-0.1, -0.05) is 0 Å². The second kappa shape index (κ2) is 4.76. The Balaban J connectivity index is 1.91. The number of aromatic nitrogens is 3. The molecule has 0 fully saturated rings. The van der Waals surface area contributed by atoms with Crippen molar-refractivity contribution in [3.63, 3.8) is 0 Å². The van der Waals surface area contributed by atoms with Crippen LogP contribution in [-0.4, -0.2) is 19.9 Å². The van der Waals surface area contributed by atoms with Gasteiger partial charge in [0.25, 0.3) is 0 Å². The molecule has 2 rings (SSSR count). The van der Waals surface area contributed by atoms with Gasteiger partial charge in [-0.05, 0) is 25.3 Å². The van der Waals surface area contributed by atoms with Gasteiger partial charge in [0, 0.05) is 24.3 Å². The van der Waals surface area contributed by atoms with Crippen molar-refractivity contribution in [3.8, 4) is 0 Å². The molecule has 0 saturated carbocycles. The van der Waals surface area contributed by atoms with Crippen LogP contribution in [0.3, 0.4) is 0 Å². The molecule has 2 heterocycles. The predicted molar refractivity (Wildman–Crippen MR) is 63.3 cm³/mol. The number of hydrogen-bond donors (Lipinski definition) is 1. The molecule has 5 heteroatoms. The van der Waals surface area contributed by atoms with Gasteiger partial charge >= 0.3 is 0 Å². The van der Waals surface area contributed by atoms with Crippen molar-refractivity contribution in [3.05, 3.63) is 34.0 Å². The highest BCUT2D eigenvalue weighted by atomic mass is 32.1. The van der Waals surface area contributed by atoms with E-state index in [4.69, 9.17) is 0 Å². The van der Waals surface area contributed by atoms with Crippen molar-refractivity contribution < 1.29 is 5.11 Å². The highest BCUT2D eigenvalue weighted by Crippen LogP contribution is 2.22. The summed E-state index contributed by atoms with van der Waals surface area (Å²) in [6.45, 7) is 1.94. The quantitative estimate of drug-likeness (QED) is 0.883. The van der Waals surface area contributed by atoms with Crippen LogP contribution in [0.5, 0.6) is 0 Å². The zero-order valence-corrected chi connectivity index (χ0v) is 10.2. The molecule has 0 amide bonds. The molecule has 0 aliphatic carbocycles. The Bertz CT molecular complexity index is 463. The third-order valence-electron chi connectivity index (χ3n) is 2.39. The SMILES string of the molecule is Cc1csc(C(O)CCc2cnn(C)c2)n1. The number of aliphatic hydroxyl groups is 1. The highest BCUT2D eigenvalue weighted by Gasteiger charge is 2.11. The maximum Gasteiger partial charge on any atom is 0.121 e. The fraction of sp³-hybridized carbons (Fsp3) is 0.455. The molecule has 0 bridgehead atoms. The molecule has 0 aliphatic rings. The Kier molecular flexibility index (Phi) is 3.36. The molecule has 0 saturated heterocycles. The van der Waals surface area contributed by atoms with E-state index in [9.17, 15) is 5.11 Å². The lowest BCUT2D eigenvalue weighted by Gasteiger charge is -2.05. The molecule has 4 nitrogen and oxygen atoms in total. The van der Waals surface area contributed by atoms with Crippen LogP contribution in [0.25, 0.3) is 0 Å². The van der Waals surface area contributed by atoms with Crippen LogP contribution in [-0.2, 0) is 13.5 Å². The van der Waals surface area contributed by atoms with Crippen molar-refractivity contribution in [2.24, 2.45) is 7.05 Å². The summed E-state index contributed by atoms with van der Waals surface area (Å²) >= 11 is 1.52. The molecule has 1 N–H and O–H groups in total. The van der Waals surface area contributed by atoms with E-state index in [0.717, 1.165) is 22.7 Å². The normalized spacial score (nSPS) is 12.9. The second-order valence-electron chi connectivity index (χ2n) is 3.90. The van der Waals surface area contributed by atoms with E-state index in [2.05, 4.69) is 10.1 Å². The van der Waals surface area contributed by atoms with E-state index in [0.29, 0.717) is 6.42 Å². The zero-order chi connectivity index (χ0) is 11.5. The number of thiazole rings is 1. The summed E-state index contributed by atoms with van der Waals surface area (Å²) in [5.74, 6) is 0. The van der Waals surface area contributed by atoms with E-state index in [1.54, 1.807) is 4.68 Å². The molecule has 2 aromatic rings. The molecule has 0 aliphatic heterocycles. The summed E-state index contributed by atoms with van der Waals surface area (Å²) in [4.78, 5) is 4.28. The van der Waals surface area contributed by atoms with Gasteiger partial charge in [-0.15, -0.1) is 11.3 Å². The maximum atomic E-state index is 9.92. The van der Waals surface area contributed by atoms with Gasteiger partial charge in [0.15, 0.2) is 0 Å². The molecule has 0 aromatic carbocycles. The van der Waals surface area contributed by atoms with Crippen LogP contribution in [0.15, 0.2) is 17.8 Å². The van der Waals surface area contributed by atoms with Gasteiger partial charge in [0.2, 0.25) is 0 Å². The molecular weight excluding hydrogens is 222 g/mol. The Morgan fingerprint density at radius 1 is 1.56 bits per heavy atom. The monoisotopic (exact) mass is 237 g/mol. The lowest BCUT2D eigenvalue weighted by atomic mass is 10.1. The van der Waals surface area contributed by atoms with Crippen LogP contribution in [0.4, 0.5) is 0 Å². The van der Waals surface area contributed by atoms with E-state index in [1.807, 2.05) is 31.7 Å². The Morgan fingerprint density at radius 3 is 2.94 bits per heavy atom. The van der Waals surface area contributed by atoms with Gasteiger partial charge < -0.3 is 5.11 Å². The van der Waals surface area contributed by atoms with Gasteiger partial charge in [-0.25, -0.2) is 4.98 Å². The maximum absolute atomic E-state index is 9.92. The summed E-state index contributed by atoms with van der Waals surface area (Å²) in [6.07, 6.45) is 4.87. The van der Waals surface area contributed by atoms with E-state index < -0.39 is 6.10 Å². The first kappa shape index (κ1) is 11.3. The lowest BCUT2D eigenvalue weighted by molar-refractivity contribution is 0.167. The average Bonchev–Trinajstić information content (AvgIpc) is 2.84. The van der Waals surface area contributed by atoms with Crippen LogP contribution in [0.2, 0.25) is 0 Å². The van der Waals surface area contributed by atoms with Gasteiger partial charge in [-0.3, -0.25) is 4.68 Å². The first-order chi connectivity index (χ1) is 7.65. The Morgan fingerprint density at radius 2 is 2.38 bits per heavy atom. The minimum absolute atomic E-state index is 0.459. The minimum Gasteiger partial charge on any atom is -0.386 e. The van der Waals surface area contributed by atoms with Crippen molar-refractivity contribution in [1.29, 1.82) is 0 Å². The number of aryl methyl sites for hydroxylation is 3. The number of aliphatic hydroxyl groups excluding tert-OH is 1. The zero-order valence-electron chi connectivity index (χ0n) is 9.42. The first-order valence-electron chi connectivity index (χ1n) is 5.23. The molecule has 1 unspecified atom stereocenters. The predicted octanol–water partition coefficient (Wildman–Crippen LogP) is 1.85. The molecule has 0 spiro atoms. The summed E-state index contributed by atoms with van der Waals surface area (Å²) in [7, 11) is 1.89. The van der Waals surface area contributed by atoms with Gasteiger partial charge in [0.1, 0.15) is 11.1 Å². The Hall–Kier alpha value is -1.20. The van der Waals surface area contributed by atoms with Gasteiger partial charge in [0.05, 0.1) is 6.20 Å². The first-order valence-corrected chi connectivity index (χ1v) is 6.11. The molecular formula is C11H15N3OS. The topological polar surface area (TPSA) is 50.9 Å². The largest absolute Gasteiger partial charge is 0.386 e. The number of nitrogens with zero attached hydrogens (tertiary/aromatic N) is 3. The van der Waals surface area contributed by atoms with Crippen LogP contribution >= 0.6 is 11.3 Å². The van der Waals surface area contributed by atoms with Crippen molar-refractivity contribution >= 4 is 11.3 Å². The number of rotatable bonds is 4. The molecule has 2 aromatic heterocycles. The fourth-order valence-electron chi connectivity index (χ4n) is 1.55. The summed E-state index contributed by atoms with van der Waals surface area (Å²) in [5, 5.41) is 16.8. The van der Waals surface area contributed by atoms with E-state index >= 15 is 0 Å². The number of hydrogen-bond acceptors (Lipinski definition) is 4. The average molecular weight is 237 g/mol. The second-order valence-corrected chi connectivity index (χ2v) is 4.79. The summed E-state index contributed by atoms with van der Waals surface area (Å²) in [6, 6.07) is 0. The van der Waals surface area contributed by atoms with Crippen LogP contribution in [0.1, 0.15) is 28.8 Å². The van der Waals surface area contributed by atoms with Gasteiger partial charge in [-0.2, -0.15) is 5.10 Å².